The molecular formula is C14H16BrFN2O3. The predicted octanol–water partition coefficient (Wildman–Crippen LogP) is 3.31. The summed E-state index contributed by atoms with van der Waals surface area (Å²) in [4.78, 5) is 24.5. The van der Waals surface area contributed by atoms with Crippen molar-refractivity contribution in [2.24, 2.45) is 5.92 Å². The number of para-hydroxylation sites is 1. The molecule has 1 saturated heterocycles. The Bertz CT molecular complexity index is 533. The normalized spacial score (nSPS) is 18.4. The summed E-state index contributed by atoms with van der Waals surface area (Å²) < 4.78 is 14.2. The minimum Gasteiger partial charge on any atom is -0.481 e. The lowest BCUT2D eigenvalue weighted by molar-refractivity contribution is -0.138. The molecular weight excluding hydrogens is 343 g/mol. The number of carboxylic acid groups (broad SMARTS) is 1. The van der Waals surface area contributed by atoms with Gasteiger partial charge in [-0.25, -0.2) is 9.18 Å². The van der Waals surface area contributed by atoms with Crippen LogP contribution in [-0.4, -0.2) is 35.1 Å². The molecule has 1 aliphatic rings. The van der Waals surface area contributed by atoms with E-state index in [1.807, 2.05) is 0 Å². The summed E-state index contributed by atoms with van der Waals surface area (Å²) in [5.41, 5.74) is 0.0999. The molecule has 1 atom stereocenters. The smallest absolute Gasteiger partial charge is 0.321 e. The first-order chi connectivity index (χ1) is 9.97. The van der Waals surface area contributed by atoms with Crippen LogP contribution in [0.3, 0.4) is 0 Å². The second-order valence-electron chi connectivity index (χ2n) is 5.08. The zero-order chi connectivity index (χ0) is 15.4. The molecule has 0 radical (unpaired) electrons. The van der Waals surface area contributed by atoms with Gasteiger partial charge in [0.1, 0.15) is 5.82 Å². The second kappa shape index (κ2) is 6.89. The van der Waals surface area contributed by atoms with Crippen LogP contribution in [0.4, 0.5) is 14.9 Å². The summed E-state index contributed by atoms with van der Waals surface area (Å²) in [6.07, 6.45) is 1.59. The zero-order valence-corrected chi connectivity index (χ0v) is 12.9. The molecule has 0 saturated carbocycles. The zero-order valence-electron chi connectivity index (χ0n) is 11.3. The number of rotatable bonds is 3. The van der Waals surface area contributed by atoms with Crippen molar-refractivity contribution in [1.82, 2.24) is 4.90 Å². The molecule has 114 valence electrons. The molecule has 1 fully saturated rings. The lowest BCUT2D eigenvalue weighted by atomic mass is 9.95. The number of amides is 2. The molecule has 5 nitrogen and oxygen atoms in total. The van der Waals surface area contributed by atoms with Gasteiger partial charge in [0.2, 0.25) is 0 Å². The van der Waals surface area contributed by atoms with Gasteiger partial charge in [-0.15, -0.1) is 0 Å². The fraction of sp³-hybridized carbons (Fsp3) is 0.429. The third-order valence-electron chi connectivity index (χ3n) is 3.46. The number of hydrogen-bond donors (Lipinski definition) is 2. The summed E-state index contributed by atoms with van der Waals surface area (Å²) in [5.74, 6) is -1.43. The van der Waals surface area contributed by atoms with Crippen molar-refractivity contribution in [2.75, 3.05) is 18.4 Å². The first-order valence-electron chi connectivity index (χ1n) is 6.69. The van der Waals surface area contributed by atoms with Crippen LogP contribution >= 0.6 is 15.9 Å². The number of likely N-dealkylation sites (tertiary alicyclic amines) is 1. The molecule has 1 aromatic rings. The van der Waals surface area contributed by atoms with Gasteiger partial charge in [0, 0.05) is 24.0 Å². The van der Waals surface area contributed by atoms with Crippen LogP contribution < -0.4 is 5.32 Å². The molecule has 0 aliphatic carbocycles. The average Bonchev–Trinajstić information content (AvgIpc) is 2.42. The van der Waals surface area contributed by atoms with Crippen LogP contribution in [0.5, 0.6) is 0 Å². The number of anilines is 1. The topological polar surface area (TPSA) is 69.6 Å². The molecule has 1 heterocycles. The average molecular weight is 359 g/mol. The number of carboxylic acids is 1. The van der Waals surface area contributed by atoms with Crippen molar-refractivity contribution in [1.29, 1.82) is 0 Å². The van der Waals surface area contributed by atoms with Crippen molar-refractivity contribution in [3.8, 4) is 0 Å². The minimum absolute atomic E-state index is 0.0488. The highest BCUT2D eigenvalue weighted by molar-refractivity contribution is 9.10. The number of nitrogens with zero attached hydrogens (tertiary/aromatic N) is 1. The molecule has 1 aromatic carbocycles. The Hall–Kier alpha value is -1.63. The first kappa shape index (κ1) is 15.8. The van der Waals surface area contributed by atoms with Crippen LogP contribution in [0.15, 0.2) is 22.7 Å². The Labute approximate surface area is 130 Å². The van der Waals surface area contributed by atoms with Crippen LogP contribution in [-0.2, 0) is 4.79 Å². The molecule has 1 unspecified atom stereocenters. The van der Waals surface area contributed by atoms with Gasteiger partial charge in [0.05, 0.1) is 5.69 Å². The highest BCUT2D eigenvalue weighted by Gasteiger charge is 2.26. The van der Waals surface area contributed by atoms with E-state index >= 15 is 0 Å². The predicted molar refractivity (Wildman–Crippen MR) is 79.7 cm³/mol. The lowest BCUT2D eigenvalue weighted by Crippen LogP contribution is -2.43. The summed E-state index contributed by atoms with van der Waals surface area (Å²) in [6.45, 7) is 0.929. The first-order valence-corrected chi connectivity index (χ1v) is 7.48. The summed E-state index contributed by atoms with van der Waals surface area (Å²) in [7, 11) is 0. The number of carbonyl (C=O) groups excluding carboxylic acids is 1. The molecule has 0 aromatic heterocycles. The minimum atomic E-state index is -0.862. The van der Waals surface area contributed by atoms with Gasteiger partial charge in [-0.05, 0) is 46.8 Å². The number of halogens is 2. The number of urea groups is 1. The summed E-state index contributed by atoms with van der Waals surface area (Å²) in [5, 5.41) is 11.4. The molecule has 1 aliphatic heterocycles. The molecule has 2 N–H and O–H groups in total. The van der Waals surface area contributed by atoms with E-state index in [2.05, 4.69) is 21.2 Å². The Morgan fingerprint density at radius 2 is 2.24 bits per heavy atom. The number of aliphatic carboxylic acids is 1. The number of carbonyl (C=O) groups is 2. The Morgan fingerprint density at radius 1 is 1.48 bits per heavy atom. The van der Waals surface area contributed by atoms with E-state index in [0.29, 0.717) is 17.6 Å². The van der Waals surface area contributed by atoms with Gasteiger partial charge in [0.25, 0.3) is 0 Å². The lowest BCUT2D eigenvalue weighted by Gasteiger charge is -2.32. The van der Waals surface area contributed by atoms with Crippen molar-refractivity contribution < 1.29 is 19.1 Å². The standard InChI is InChI=1S/C14H16BrFN2O3/c15-10-4-1-5-11(16)13(10)17-14(21)18-6-2-3-9(8-18)7-12(19)20/h1,4-5,9H,2-3,6-8H2,(H,17,21)(H,19,20). The van der Waals surface area contributed by atoms with Gasteiger partial charge in [0.15, 0.2) is 0 Å². The van der Waals surface area contributed by atoms with Crippen molar-refractivity contribution in [2.45, 2.75) is 19.3 Å². The van der Waals surface area contributed by atoms with Crippen LogP contribution in [0.25, 0.3) is 0 Å². The van der Waals surface area contributed by atoms with Crippen molar-refractivity contribution >= 4 is 33.6 Å². The Kier molecular flexibility index (Phi) is 5.17. The quantitative estimate of drug-likeness (QED) is 0.870. The van der Waals surface area contributed by atoms with Crippen LogP contribution in [0, 0.1) is 11.7 Å². The number of benzene rings is 1. The fourth-order valence-electron chi connectivity index (χ4n) is 2.47. The number of piperidine rings is 1. The van der Waals surface area contributed by atoms with Crippen molar-refractivity contribution in [3.63, 3.8) is 0 Å². The van der Waals surface area contributed by atoms with Gasteiger partial charge >= 0.3 is 12.0 Å². The van der Waals surface area contributed by atoms with Crippen LogP contribution in [0.1, 0.15) is 19.3 Å². The number of hydrogen-bond acceptors (Lipinski definition) is 2. The summed E-state index contributed by atoms with van der Waals surface area (Å²) >= 11 is 3.19. The molecule has 2 amide bonds. The monoisotopic (exact) mass is 358 g/mol. The molecule has 21 heavy (non-hydrogen) atoms. The third-order valence-corrected chi connectivity index (χ3v) is 4.13. The second-order valence-corrected chi connectivity index (χ2v) is 5.93. The fourth-order valence-corrected chi connectivity index (χ4v) is 2.91. The highest BCUT2D eigenvalue weighted by Crippen LogP contribution is 2.26. The third kappa shape index (κ3) is 4.17. The van der Waals surface area contributed by atoms with E-state index < -0.39 is 17.8 Å². The van der Waals surface area contributed by atoms with Crippen LogP contribution in [0.2, 0.25) is 0 Å². The SMILES string of the molecule is O=C(O)CC1CCCN(C(=O)Nc2c(F)cccc2Br)C1. The molecule has 7 heteroatoms. The van der Waals surface area contributed by atoms with E-state index in [4.69, 9.17) is 5.11 Å². The molecule has 0 spiro atoms. The maximum absolute atomic E-state index is 13.7. The highest BCUT2D eigenvalue weighted by atomic mass is 79.9. The summed E-state index contributed by atoms with van der Waals surface area (Å²) in [6, 6.07) is 4.04. The van der Waals surface area contributed by atoms with E-state index in [0.717, 1.165) is 12.8 Å². The molecule has 0 bridgehead atoms. The van der Waals surface area contributed by atoms with Gasteiger partial charge in [-0.2, -0.15) is 0 Å². The van der Waals surface area contributed by atoms with E-state index in [1.165, 1.54) is 11.0 Å². The van der Waals surface area contributed by atoms with Crippen molar-refractivity contribution in [3.05, 3.63) is 28.5 Å². The van der Waals surface area contributed by atoms with E-state index in [9.17, 15) is 14.0 Å². The Balaban J connectivity index is 2.01. The Morgan fingerprint density at radius 3 is 2.90 bits per heavy atom. The van der Waals surface area contributed by atoms with Gasteiger partial charge in [-0.3, -0.25) is 4.79 Å². The van der Waals surface area contributed by atoms with E-state index in [1.54, 1.807) is 12.1 Å². The maximum atomic E-state index is 13.7. The maximum Gasteiger partial charge on any atom is 0.321 e. The molecule has 2 rings (SSSR count). The largest absolute Gasteiger partial charge is 0.481 e. The van der Waals surface area contributed by atoms with Gasteiger partial charge in [-0.1, -0.05) is 6.07 Å². The van der Waals surface area contributed by atoms with Gasteiger partial charge < -0.3 is 15.3 Å². The number of nitrogens with one attached hydrogen (secondary N) is 1. The van der Waals surface area contributed by atoms with E-state index in [-0.39, 0.29) is 18.0 Å².